The van der Waals surface area contributed by atoms with Crippen LogP contribution in [0.1, 0.15) is 38.7 Å². The van der Waals surface area contributed by atoms with Gasteiger partial charge in [0.2, 0.25) is 0 Å². The van der Waals surface area contributed by atoms with E-state index in [9.17, 15) is 0 Å². The molecule has 1 heterocycles. The second kappa shape index (κ2) is 5.54. The molecule has 0 bridgehead atoms. The van der Waals surface area contributed by atoms with Crippen LogP contribution in [0.15, 0.2) is 24.3 Å². The molecule has 2 rings (SSSR count). The predicted octanol–water partition coefficient (Wildman–Crippen LogP) is 3.00. The highest BCUT2D eigenvalue weighted by Crippen LogP contribution is 2.22. The zero-order valence-corrected chi connectivity index (χ0v) is 11.2. The Morgan fingerprint density at radius 2 is 1.88 bits per heavy atom. The zero-order chi connectivity index (χ0) is 12.3. The first-order valence-corrected chi connectivity index (χ1v) is 6.76. The van der Waals surface area contributed by atoms with E-state index in [1.54, 1.807) is 0 Å². The SMILES string of the molecule is CC(C)c1ccc(N2CCNCCC2C)cc1. The van der Waals surface area contributed by atoms with Gasteiger partial charge >= 0.3 is 0 Å². The van der Waals surface area contributed by atoms with E-state index in [4.69, 9.17) is 0 Å². The molecule has 0 amide bonds. The van der Waals surface area contributed by atoms with E-state index < -0.39 is 0 Å². The molecule has 94 valence electrons. The van der Waals surface area contributed by atoms with Crippen LogP contribution in [0.2, 0.25) is 0 Å². The lowest BCUT2D eigenvalue weighted by atomic mass is 10.0. The summed E-state index contributed by atoms with van der Waals surface area (Å²) in [5.41, 5.74) is 2.79. The molecular weight excluding hydrogens is 208 g/mol. The van der Waals surface area contributed by atoms with Gasteiger partial charge in [-0.2, -0.15) is 0 Å². The molecular formula is C15H24N2. The number of nitrogens with one attached hydrogen (secondary N) is 1. The van der Waals surface area contributed by atoms with E-state index >= 15 is 0 Å². The van der Waals surface area contributed by atoms with E-state index in [1.165, 1.54) is 17.7 Å². The van der Waals surface area contributed by atoms with Crippen LogP contribution in [0.25, 0.3) is 0 Å². The van der Waals surface area contributed by atoms with Crippen LogP contribution in [0.3, 0.4) is 0 Å². The Balaban J connectivity index is 2.14. The molecule has 1 N–H and O–H groups in total. The van der Waals surface area contributed by atoms with Gasteiger partial charge in [0.25, 0.3) is 0 Å². The third-order valence-corrected chi connectivity index (χ3v) is 3.69. The number of hydrogen-bond acceptors (Lipinski definition) is 2. The van der Waals surface area contributed by atoms with Crippen molar-refractivity contribution >= 4 is 5.69 Å². The Bertz CT molecular complexity index is 342. The smallest absolute Gasteiger partial charge is 0.0369 e. The third-order valence-electron chi connectivity index (χ3n) is 3.69. The Morgan fingerprint density at radius 3 is 2.53 bits per heavy atom. The topological polar surface area (TPSA) is 15.3 Å². The Morgan fingerprint density at radius 1 is 1.18 bits per heavy atom. The molecule has 1 atom stereocenters. The van der Waals surface area contributed by atoms with Crippen LogP contribution in [-0.2, 0) is 0 Å². The second-order valence-corrected chi connectivity index (χ2v) is 5.33. The summed E-state index contributed by atoms with van der Waals surface area (Å²) in [6.07, 6.45) is 1.23. The summed E-state index contributed by atoms with van der Waals surface area (Å²) in [5.74, 6) is 0.618. The first-order valence-electron chi connectivity index (χ1n) is 6.76. The molecule has 1 aliphatic heterocycles. The van der Waals surface area contributed by atoms with Gasteiger partial charge in [0.1, 0.15) is 0 Å². The Labute approximate surface area is 105 Å². The Kier molecular flexibility index (Phi) is 4.06. The van der Waals surface area contributed by atoms with Gasteiger partial charge in [-0.1, -0.05) is 26.0 Å². The summed E-state index contributed by atoms with van der Waals surface area (Å²) in [5, 5.41) is 3.47. The van der Waals surface area contributed by atoms with Crippen molar-refractivity contribution in [2.24, 2.45) is 0 Å². The molecule has 2 heteroatoms. The monoisotopic (exact) mass is 232 g/mol. The first kappa shape index (κ1) is 12.4. The fourth-order valence-corrected chi connectivity index (χ4v) is 2.45. The minimum atomic E-state index is 0.618. The van der Waals surface area contributed by atoms with Crippen molar-refractivity contribution < 1.29 is 0 Å². The minimum Gasteiger partial charge on any atom is -0.368 e. The molecule has 1 unspecified atom stereocenters. The van der Waals surface area contributed by atoms with Crippen molar-refractivity contribution in [2.45, 2.75) is 39.2 Å². The second-order valence-electron chi connectivity index (χ2n) is 5.33. The fraction of sp³-hybridized carbons (Fsp3) is 0.600. The standard InChI is InChI=1S/C15H24N2/c1-12(2)14-4-6-15(7-5-14)17-11-10-16-9-8-13(17)3/h4-7,12-13,16H,8-11H2,1-3H3. The van der Waals surface area contributed by atoms with Crippen LogP contribution >= 0.6 is 0 Å². The van der Waals surface area contributed by atoms with Gasteiger partial charge in [0.15, 0.2) is 0 Å². The highest BCUT2D eigenvalue weighted by molar-refractivity contribution is 5.49. The van der Waals surface area contributed by atoms with Crippen LogP contribution in [-0.4, -0.2) is 25.7 Å². The summed E-state index contributed by atoms with van der Waals surface area (Å²) >= 11 is 0. The molecule has 2 nitrogen and oxygen atoms in total. The lowest BCUT2D eigenvalue weighted by Gasteiger charge is -2.29. The molecule has 0 spiro atoms. The molecule has 1 saturated heterocycles. The first-order chi connectivity index (χ1) is 8.18. The molecule has 1 aromatic carbocycles. The van der Waals surface area contributed by atoms with Crippen molar-refractivity contribution in [1.82, 2.24) is 5.32 Å². The van der Waals surface area contributed by atoms with Crippen molar-refractivity contribution in [3.05, 3.63) is 29.8 Å². The average Bonchev–Trinajstić information content (AvgIpc) is 2.54. The summed E-state index contributed by atoms with van der Waals surface area (Å²) in [7, 11) is 0. The lowest BCUT2D eigenvalue weighted by Crippen LogP contribution is -2.34. The highest BCUT2D eigenvalue weighted by atomic mass is 15.2. The van der Waals surface area contributed by atoms with E-state index in [-0.39, 0.29) is 0 Å². The molecule has 0 aliphatic carbocycles. The number of benzene rings is 1. The van der Waals surface area contributed by atoms with Gasteiger partial charge in [-0.3, -0.25) is 0 Å². The van der Waals surface area contributed by atoms with E-state index in [2.05, 4.69) is 55.3 Å². The maximum absolute atomic E-state index is 3.47. The van der Waals surface area contributed by atoms with Gasteiger partial charge in [0, 0.05) is 24.8 Å². The van der Waals surface area contributed by atoms with Gasteiger partial charge < -0.3 is 10.2 Å². The van der Waals surface area contributed by atoms with Gasteiger partial charge in [-0.15, -0.1) is 0 Å². The number of anilines is 1. The number of nitrogens with zero attached hydrogens (tertiary/aromatic N) is 1. The van der Waals surface area contributed by atoms with Crippen molar-refractivity contribution in [3.63, 3.8) is 0 Å². The van der Waals surface area contributed by atoms with E-state index in [1.807, 2.05) is 0 Å². The zero-order valence-electron chi connectivity index (χ0n) is 11.2. The van der Waals surface area contributed by atoms with E-state index in [0.29, 0.717) is 12.0 Å². The lowest BCUT2D eigenvalue weighted by molar-refractivity contribution is 0.631. The van der Waals surface area contributed by atoms with Crippen molar-refractivity contribution in [2.75, 3.05) is 24.5 Å². The summed E-state index contributed by atoms with van der Waals surface area (Å²) in [4.78, 5) is 2.52. The summed E-state index contributed by atoms with van der Waals surface area (Å²) in [6.45, 7) is 10.2. The summed E-state index contributed by atoms with van der Waals surface area (Å²) in [6, 6.07) is 9.72. The van der Waals surface area contributed by atoms with Crippen LogP contribution < -0.4 is 10.2 Å². The quantitative estimate of drug-likeness (QED) is 0.843. The number of hydrogen-bond donors (Lipinski definition) is 1. The predicted molar refractivity (Wildman–Crippen MR) is 74.8 cm³/mol. The molecule has 17 heavy (non-hydrogen) atoms. The molecule has 0 aromatic heterocycles. The van der Waals surface area contributed by atoms with Crippen LogP contribution in [0, 0.1) is 0 Å². The average molecular weight is 232 g/mol. The molecule has 0 saturated carbocycles. The third kappa shape index (κ3) is 3.01. The van der Waals surface area contributed by atoms with Gasteiger partial charge in [0.05, 0.1) is 0 Å². The van der Waals surface area contributed by atoms with Crippen LogP contribution in [0.4, 0.5) is 5.69 Å². The van der Waals surface area contributed by atoms with Crippen LogP contribution in [0.5, 0.6) is 0 Å². The molecule has 1 fully saturated rings. The fourth-order valence-electron chi connectivity index (χ4n) is 2.45. The van der Waals surface area contributed by atoms with Crippen molar-refractivity contribution in [1.29, 1.82) is 0 Å². The highest BCUT2D eigenvalue weighted by Gasteiger charge is 2.16. The molecule has 1 aliphatic rings. The number of rotatable bonds is 2. The summed E-state index contributed by atoms with van der Waals surface area (Å²) < 4.78 is 0. The largest absolute Gasteiger partial charge is 0.368 e. The van der Waals surface area contributed by atoms with E-state index in [0.717, 1.165) is 19.6 Å². The Hall–Kier alpha value is -1.02. The maximum Gasteiger partial charge on any atom is 0.0369 e. The van der Waals surface area contributed by atoms with Gasteiger partial charge in [-0.05, 0) is 43.5 Å². The molecule has 0 radical (unpaired) electrons. The van der Waals surface area contributed by atoms with Crippen molar-refractivity contribution in [3.8, 4) is 0 Å². The normalized spacial score (nSPS) is 21.6. The maximum atomic E-state index is 3.47. The minimum absolute atomic E-state index is 0.618. The molecule has 1 aromatic rings. The van der Waals surface area contributed by atoms with Gasteiger partial charge in [-0.25, -0.2) is 0 Å².